The summed E-state index contributed by atoms with van der Waals surface area (Å²) in [6.07, 6.45) is 3.72. The molecular weight excluding hydrogens is 458 g/mol. The van der Waals surface area contributed by atoms with Crippen LogP contribution in [0.1, 0.15) is 70.4 Å². The summed E-state index contributed by atoms with van der Waals surface area (Å²) >= 11 is 0. The monoisotopic (exact) mass is 493 g/mol. The average Bonchev–Trinajstić information content (AvgIpc) is 2.74. The number of aliphatic carboxylic acids is 1. The molecule has 1 aliphatic heterocycles. The van der Waals surface area contributed by atoms with Crippen molar-refractivity contribution in [3.63, 3.8) is 0 Å². The van der Waals surface area contributed by atoms with Crippen molar-refractivity contribution in [2.45, 2.75) is 65.7 Å². The summed E-state index contributed by atoms with van der Waals surface area (Å²) in [4.78, 5) is 41.2. The van der Waals surface area contributed by atoms with E-state index in [-0.39, 0.29) is 40.4 Å². The number of phenolic OH excluding ortho intramolecular Hbond substituents is 1. The highest BCUT2D eigenvalue weighted by atomic mass is 16.5. The summed E-state index contributed by atoms with van der Waals surface area (Å²) in [6.45, 7) is 11.5. The Morgan fingerprint density at radius 2 is 1.58 bits per heavy atom. The summed E-state index contributed by atoms with van der Waals surface area (Å²) in [5, 5.41) is 20.5. The topological polar surface area (TPSA) is 104 Å². The third-order valence-electron chi connectivity index (χ3n) is 7.41. The van der Waals surface area contributed by atoms with Gasteiger partial charge in [0.15, 0.2) is 23.1 Å². The SMILES string of the molecule is C=CCc1cc(C2C3=C(CC(C)(C)CC3=O)N(CC(=O)O)C3=C2C(=O)CC(C)(C)C3)cc(OC)c1O. The molecule has 0 unspecified atom stereocenters. The number of carboxylic acids is 1. The average molecular weight is 494 g/mol. The third-order valence-corrected chi connectivity index (χ3v) is 7.41. The molecule has 0 aromatic heterocycles. The zero-order valence-electron chi connectivity index (χ0n) is 21.7. The highest BCUT2D eigenvalue weighted by Gasteiger charge is 2.49. The highest BCUT2D eigenvalue weighted by Crippen LogP contribution is 2.55. The molecule has 0 radical (unpaired) electrons. The Bertz CT molecular complexity index is 1180. The van der Waals surface area contributed by atoms with E-state index in [1.807, 2.05) is 33.8 Å². The quantitative estimate of drug-likeness (QED) is 0.543. The van der Waals surface area contributed by atoms with Crippen LogP contribution >= 0.6 is 0 Å². The largest absolute Gasteiger partial charge is 0.504 e. The maximum Gasteiger partial charge on any atom is 0.323 e. The molecule has 1 aromatic rings. The van der Waals surface area contributed by atoms with Crippen LogP contribution in [0.2, 0.25) is 0 Å². The number of phenols is 1. The Hall–Kier alpha value is -3.35. The molecule has 0 bridgehead atoms. The first-order valence-electron chi connectivity index (χ1n) is 12.3. The maximum atomic E-state index is 13.7. The third kappa shape index (κ3) is 4.47. The smallest absolute Gasteiger partial charge is 0.323 e. The summed E-state index contributed by atoms with van der Waals surface area (Å²) in [6, 6.07) is 3.50. The molecule has 0 spiro atoms. The number of aromatic hydroxyl groups is 1. The predicted octanol–water partition coefficient (Wildman–Crippen LogP) is 4.90. The van der Waals surface area contributed by atoms with E-state index in [1.165, 1.54) is 7.11 Å². The van der Waals surface area contributed by atoms with E-state index in [9.17, 15) is 24.6 Å². The van der Waals surface area contributed by atoms with Gasteiger partial charge in [0.1, 0.15) is 6.54 Å². The van der Waals surface area contributed by atoms with Gasteiger partial charge < -0.3 is 19.8 Å². The van der Waals surface area contributed by atoms with Gasteiger partial charge >= 0.3 is 5.97 Å². The molecule has 2 N–H and O–H groups in total. The van der Waals surface area contributed by atoms with Crippen LogP contribution in [0.15, 0.2) is 47.3 Å². The first-order chi connectivity index (χ1) is 16.8. The normalized spacial score (nSPS) is 21.3. The van der Waals surface area contributed by atoms with E-state index in [1.54, 1.807) is 17.0 Å². The lowest BCUT2D eigenvalue weighted by atomic mass is 9.63. The van der Waals surface area contributed by atoms with Crippen LogP contribution in [0.25, 0.3) is 0 Å². The van der Waals surface area contributed by atoms with Crippen LogP contribution in [0, 0.1) is 10.8 Å². The van der Waals surface area contributed by atoms with Crippen molar-refractivity contribution in [1.29, 1.82) is 0 Å². The van der Waals surface area contributed by atoms with Gasteiger partial charge in [0, 0.05) is 46.9 Å². The van der Waals surface area contributed by atoms with Gasteiger partial charge in [-0.25, -0.2) is 0 Å². The number of carbonyl (C=O) groups is 3. The fourth-order valence-electron chi connectivity index (χ4n) is 6.03. The van der Waals surface area contributed by atoms with Gasteiger partial charge in [0.05, 0.1) is 7.11 Å². The van der Waals surface area contributed by atoms with Crippen molar-refractivity contribution < 1.29 is 29.3 Å². The summed E-state index contributed by atoms with van der Waals surface area (Å²) < 4.78 is 5.45. The van der Waals surface area contributed by atoms with Gasteiger partial charge in [0.2, 0.25) is 0 Å². The number of ether oxygens (including phenoxy) is 1. The van der Waals surface area contributed by atoms with E-state index in [2.05, 4.69) is 6.58 Å². The fraction of sp³-hybridized carbons (Fsp3) is 0.483. The van der Waals surface area contributed by atoms with Crippen LogP contribution in [0.5, 0.6) is 11.5 Å². The first-order valence-corrected chi connectivity index (χ1v) is 12.3. The summed E-state index contributed by atoms with van der Waals surface area (Å²) in [7, 11) is 1.46. The van der Waals surface area contributed by atoms with Gasteiger partial charge in [-0.05, 0) is 41.7 Å². The van der Waals surface area contributed by atoms with Gasteiger partial charge in [0.25, 0.3) is 0 Å². The number of nitrogens with zero attached hydrogens (tertiary/aromatic N) is 1. The zero-order valence-corrected chi connectivity index (χ0v) is 21.7. The molecule has 192 valence electrons. The minimum absolute atomic E-state index is 0.0000716. The van der Waals surface area contributed by atoms with Crippen LogP contribution in [0.4, 0.5) is 0 Å². The molecule has 7 heteroatoms. The van der Waals surface area contributed by atoms with E-state index >= 15 is 0 Å². The van der Waals surface area contributed by atoms with Crippen LogP contribution in [-0.4, -0.2) is 46.3 Å². The number of hydrogen-bond donors (Lipinski definition) is 2. The summed E-state index contributed by atoms with van der Waals surface area (Å²) in [5.74, 6) is -1.57. The van der Waals surface area contributed by atoms with Gasteiger partial charge in [-0.2, -0.15) is 0 Å². The van der Waals surface area contributed by atoms with Gasteiger partial charge in [-0.1, -0.05) is 39.8 Å². The number of rotatable bonds is 6. The van der Waals surface area contributed by atoms with E-state index in [4.69, 9.17) is 4.74 Å². The van der Waals surface area contributed by atoms with Crippen molar-refractivity contribution in [3.8, 4) is 11.5 Å². The van der Waals surface area contributed by atoms with Crippen molar-refractivity contribution in [3.05, 3.63) is 58.5 Å². The number of hydrogen-bond acceptors (Lipinski definition) is 6. The van der Waals surface area contributed by atoms with E-state index < -0.39 is 11.9 Å². The van der Waals surface area contributed by atoms with Crippen molar-refractivity contribution in [2.24, 2.45) is 10.8 Å². The molecule has 4 rings (SSSR count). The predicted molar refractivity (Wildman–Crippen MR) is 136 cm³/mol. The van der Waals surface area contributed by atoms with Crippen LogP contribution < -0.4 is 4.74 Å². The molecule has 1 aromatic carbocycles. The Morgan fingerprint density at radius 1 is 1.06 bits per heavy atom. The molecule has 0 amide bonds. The Balaban J connectivity index is 2.05. The van der Waals surface area contributed by atoms with Crippen molar-refractivity contribution in [1.82, 2.24) is 4.90 Å². The molecule has 0 fully saturated rings. The zero-order chi connectivity index (χ0) is 26.6. The molecule has 1 heterocycles. The van der Waals surface area contributed by atoms with E-state index in [0.29, 0.717) is 65.8 Å². The number of methoxy groups -OCH3 is 1. The Labute approximate surface area is 212 Å². The van der Waals surface area contributed by atoms with Gasteiger partial charge in [-0.3, -0.25) is 14.4 Å². The molecule has 7 nitrogen and oxygen atoms in total. The lowest BCUT2D eigenvalue weighted by Gasteiger charge is -2.48. The minimum Gasteiger partial charge on any atom is -0.504 e. The number of benzene rings is 1. The molecule has 0 saturated carbocycles. The highest BCUT2D eigenvalue weighted by molar-refractivity contribution is 6.07. The molecule has 0 atom stereocenters. The lowest BCUT2D eigenvalue weighted by Crippen LogP contribution is -2.45. The molecular formula is C29H35NO6. The second kappa shape index (κ2) is 8.95. The lowest BCUT2D eigenvalue weighted by molar-refractivity contribution is -0.138. The standard InChI is InChI=1S/C29H35NO6/c1-7-8-16-9-17(10-22(36-6)27(16)35)24-25-18(11-28(2,3)13-20(25)31)30(15-23(33)34)19-12-29(4,5)14-21(32)26(19)24/h7,9-10,24,35H,1,8,11-15H2,2-6H3,(H,33,34). The maximum absolute atomic E-state index is 13.7. The first kappa shape index (κ1) is 25.7. The van der Waals surface area contributed by atoms with Gasteiger partial charge in [-0.15, -0.1) is 6.58 Å². The van der Waals surface area contributed by atoms with Crippen molar-refractivity contribution in [2.75, 3.05) is 13.7 Å². The number of carbonyl (C=O) groups excluding carboxylic acids is 2. The summed E-state index contributed by atoms with van der Waals surface area (Å²) in [5.41, 5.74) is 2.92. The minimum atomic E-state index is -1.02. The van der Waals surface area contributed by atoms with E-state index in [0.717, 1.165) is 0 Å². The molecule has 3 aliphatic rings. The second-order valence-corrected chi connectivity index (χ2v) is 11.7. The second-order valence-electron chi connectivity index (χ2n) is 11.7. The van der Waals surface area contributed by atoms with Crippen LogP contribution in [-0.2, 0) is 20.8 Å². The number of allylic oxidation sites excluding steroid dienone is 5. The number of carboxylic acid groups (broad SMARTS) is 1. The molecule has 2 aliphatic carbocycles. The Kier molecular flexibility index (Phi) is 6.40. The molecule has 36 heavy (non-hydrogen) atoms. The number of Topliss-reactive ketones (excluding diaryl/α,β-unsaturated/α-hetero) is 2. The number of ketones is 2. The molecule has 0 saturated heterocycles. The van der Waals surface area contributed by atoms with Crippen molar-refractivity contribution >= 4 is 17.5 Å². The van der Waals surface area contributed by atoms with Crippen LogP contribution in [0.3, 0.4) is 0 Å². The fourth-order valence-corrected chi connectivity index (χ4v) is 6.03. The Morgan fingerprint density at radius 3 is 2.03 bits per heavy atom.